The highest BCUT2D eigenvalue weighted by atomic mass is 31.2. The maximum atomic E-state index is 11.4. The van der Waals surface area contributed by atoms with Gasteiger partial charge < -0.3 is 14.4 Å². The Morgan fingerprint density at radius 2 is 1.56 bits per heavy atom. The standard InChI is InChI=1S/C28H35N6O4P/c1-28(2)20-25-27(26(21-28)31-12-16-37-17-13-31)39(32-14-18-38-19-15-32,33(29-25)23-6-4-3-5-7-23)30-22-8-10-24(11-9-22)34(35)36/h3-11H,12-21H2,1-2H3. The number of hydrogen-bond acceptors (Lipinski definition) is 7. The summed E-state index contributed by atoms with van der Waals surface area (Å²) in [5.41, 5.74) is 4.24. The summed E-state index contributed by atoms with van der Waals surface area (Å²) in [6.07, 6.45) is 1.80. The number of nitro benzene ring substituents is 1. The fraction of sp³-hybridized carbons (Fsp3) is 0.464. The van der Waals surface area contributed by atoms with Crippen LogP contribution >= 0.6 is 7.36 Å². The lowest BCUT2D eigenvalue weighted by atomic mass is 9.78. The van der Waals surface area contributed by atoms with E-state index in [0.29, 0.717) is 26.4 Å². The van der Waals surface area contributed by atoms with Crippen molar-refractivity contribution in [1.82, 2.24) is 9.57 Å². The van der Waals surface area contributed by atoms with Crippen LogP contribution in [0.3, 0.4) is 0 Å². The minimum absolute atomic E-state index is 0.0523. The second-order valence-corrected chi connectivity index (χ2v) is 13.8. The molecule has 0 N–H and O–H groups in total. The molecular formula is C28H35N6O4P. The Balaban J connectivity index is 1.65. The summed E-state index contributed by atoms with van der Waals surface area (Å²) in [4.78, 5) is 13.5. The van der Waals surface area contributed by atoms with Gasteiger partial charge in [-0.15, -0.1) is 0 Å². The molecule has 0 amide bonds. The van der Waals surface area contributed by atoms with Gasteiger partial charge in [0.05, 0.1) is 53.8 Å². The average molecular weight is 551 g/mol. The van der Waals surface area contributed by atoms with Crippen LogP contribution in [-0.4, -0.2) is 72.8 Å². The van der Waals surface area contributed by atoms with Gasteiger partial charge in [-0.3, -0.25) is 10.1 Å². The van der Waals surface area contributed by atoms with E-state index in [1.807, 2.05) is 18.2 Å². The molecule has 4 aliphatic rings. The van der Waals surface area contributed by atoms with Crippen molar-refractivity contribution in [3.8, 4) is 0 Å². The van der Waals surface area contributed by atoms with Crippen LogP contribution in [0.1, 0.15) is 26.7 Å². The summed E-state index contributed by atoms with van der Waals surface area (Å²) in [5.74, 6) is 0. The van der Waals surface area contributed by atoms with Crippen LogP contribution in [0, 0.1) is 15.5 Å². The number of anilines is 1. The Morgan fingerprint density at radius 3 is 2.21 bits per heavy atom. The molecule has 206 valence electrons. The molecule has 1 aliphatic carbocycles. The smallest absolute Gasteiger partial charge is 0.269 e. The molecule has 0 saturated carbocycles. The minimum atomic E-state index is -2.69. The van der Waals surface area contributed by atoms with Gasteiger partial charge in [-0.1, -0.05) is 32.0 Å². The number of non-ortho nitro benzene ring substituents is 1. The zero-order valence-corrected chi connectivity index (χ0v) is 23.4. The number of ether oxygens (including phenoxy) is 2. The highest BCUT2D eigenvalue weighted by Gasteiger charge is 2.51. The Bertz CT molecular complexity index is 1350. The van der Waals surface area contributed by atoms with Crippen molar-refractivity contribution in [2.45, 2.75) is 26.7 Å². The van der Waals surface area contributed by atoms with Gasteiger partial charge in [-0.2, -0.15) is 5.10 Å². The Morgan fingerprint density at radius 1 is 0.923 bits per heavy atom. The number of allylic oxidation sites excluding steroid dienone is 2. The number of rotatable bonds is 5. The molecule has 0 radical (unpaired) electrons. The molecule has 2 saturated heterocycles. The summed E-state index contributed by atoms with van der Waals surface area (Å²) in [7, 11) is -2.69. The fourth-order valence-electron chi connectivity index (χ4n) is 5.93. The quantitative estimate of drug-likeness (QED) is 0.263. The third kappa shape index (κ3) is 4.91. The van der Waals surface area contributed by atoms with Crippen LogP contribution in [0.15, 0.2) is 75.5 Å². The van der Waals surface area contributed by atoms with Crippen LogP contribution in [-0.2, 0) is 9.47 Å². The Kier molecular flexibility index (Phi) is 7.05. The molecule has 6 rings (SSSR count). The molecule has 11 heteroatoms. The lowest BCUT2D eigenvalue weighted by molar-refractivity contribution is -0.384. The van der Waals surface area contributed by atoms with E-state index in [4.69, 9.17) is 19.3 Å². The van der Waals surface area contributed by atoms with Crippen molar-refractivity contribution in [2.24, 2.45) is 15.3 Å². The Labute approximate surface area is 229 Å². The summed E-state index contributed by atoms with van der Waals surface area (Å²) in [5, 5.41) is 18.0. The molecule has 1 atom stereocenters. The number of hydrogen-bond donors (Lipinski definition) is 0. The number of nitro groups is 1. The first-order chi connectivity index (χ1) is 18.9. The molecule has 0 bridgehead atoms. The number of fused-ring (bicyclic) bond motifs is 1. The van der Waals surface area contributed by atoms with Gasteiger partial charge in [-0.25, -0.2) is 14.2 Å². The van der Waals surface area contributed by atoms with E-state index in [9.17, 15) is 10.1 Å². The summed E-state index contributed by atoms with van der Waals surface area (Å²) in [6.45, 7) is 10.5. The van der Waals surface area contributed by atoms with Crippen molar-refractivity contribution in [3.05, 3.63) is 75.7 Å². The fourth-order valence-corrected chi connectivity index (χ4v) is 9.85. The molecule has 3 aliphatic heterocycles. The average Bonchev–Trinajstić information content (AvgIpc) is 3.28. The summed E-state index contributed by atoms with van der Waals surface area (Å²) >= 11 is 0. The molecule has 10 nitrogen and oxygen atoms in total. The normalized spacial score (nSPS) is 25.3. The van der Waals surface area contributed by atoms with Gasteiger partial charge in [0, 0.05) is 44.0 Å². The molecular weight excluding hydrogens is 515 g/mol. The van der Waals surface area contributed by atoms with E-state index in [1.54, 1.807) is 24.3 Å². The first kappa shape index (κ1) is 26.2. The summed E-state index contributed by atoms with van der Waals surface area (Å²) < 4.78 is 21.8. The Hall–Kier alpha value is -3.04. The number of para-hydroxylation sites is 1. The molecule has 0 aromatic heterocycles. The lowest BCUT2D eigenvalue weighted by Gasteiger charge is -2.45. The predicted molar refractivity (Wildman–Crippen MR) is 153 cm³/mol. The third-order valence-electron chi connectivity index (χ3n) is 7.70. The predicted octanol–water partition coefficient (Wildman–Crippen LogP) is 5.83. The van der Waals surface area contributed by atoms with Crippen molar-refractivity contribution >= 4 is 30.1 Å². The van der Waals surface area contributed by atoms with Crippen molar-refractivity contribution in [3.63, 3.8) is 0 Å². The van der Waals surface area contributed by atoms with Gasteiger partial charge in [0.25, 0.3) is 5.69 Å². The number of benzene rings is 2. The van der Waals surface area contributed by atoms with E-state index in [-0.39, 0.29) is 16.0 Å². The monoisotopic (exact) mass is 550 g/mol. The maximum absolute atomic E-state index is 11.4. The molecule has 39 heavy (non-hydrogen) atoms. The molecule has 2 fully saturated rings. The zero-order valence-electron chi connectivity index (χ0n) is 22.5. The number of morpholine rings is 2. The van der Waals surface area contributed by atoms with Crippen molar-refractivity contribution < 1.29 is 14.4 Å². The van der Waals surface area contributed by atoms with E-state index in [1.165, 1.54) is 11.0 Å². The molecule has 2 aromatic carbocycles. The maximum Gasteiger partial charge on any atom is 0.269 e. The summed E-state index contributed by atoms with van der Waals surface area (Å²) in [6, 6.07) is 16.9. The number of hydrazone groups is 1. The minimum Gasteiger partial charge on any atom is -0.379 e. The second kappa shape index (κ2) is 10.5. The first-order valence-electron chi connectivity index (χ1n) is 13.6. The van der Waals surface area contributed by atoms with Crippen LogP contribution in [0.5, 0.6) is 0 Å². The van der Waals surface area contributed by atoms with E-state index < -0.39 is 7.36 Å². The van der Waals surface area contributed by atoms with Crippen molar-refractivity contribution in [1.29, 1.82) is 0 Å². The van der Waals surface area contributed by atoms with Crippen LogP contribution in [0.4, 0.5) is 17.1 Å². The van der Waals surface area contributed by atoms with E-state index in [0.717, 1.165) is 56.1 Å². The topological polar surface area (TPSA) is 96.0 Å². The molecule has 2 aromatic rings. The van der Waals surface area contributed by atoms with Gasteiger partial charge in [0.1, 0.15) is 0 Å². The lowest BCUT2D eigenvalue weighted by Crippen LogP contribution is -2.42. The molecule has 0 spiro atoms. The van der Waals surface area contributed by atoms with Gasteiger partial charge >= 0.3 is 0 Å². The van der Waals surface area contributed by atoms with Crippen LogP contribution in [0.2, 0.25) is 0 Å². The van der Waals surface area contributed by atoms with E-state index >= 15 is 0 Å². The SMILES string of the molecule is CC1(C)CC2=NN(c3ccccc3)P(=Nc3ccc([N+](=O)[O-])cc3)(N3CCOCC3)C2=C(N2CCOCC2)C1. The first-order valence-corrected chi connectivity index (χ1v) is 15.2. The van der Waals surface area contributed by atoms with Gasteiger partial charge in [0.2, 0.25) is 0 Å². The number of nitrogens with zero attached hydrogens (tertiary/aromatic N) is 6. The molecule has 3 heterocycles. The highest BCUT2D eigenvalue weighted by Crippen LogP contribution is 2.72. The largest absolute Gasteiger partial charge is 0.379 e. The van der Waals surface area contributed by atoms with Gasteiger partial charge in [-0.05, 0) is 42.5 Å². The third-order valence-corrected chi connectivity index (χ3v) is 11.4. The van der Waals surface area contributed by atoms with Gasteiger partial charge in [0.15, 0.2) is 7.36 Å². The van der Waals surface area contributed by atoms with Crippen LogP contribution in [0.25, 0.3) is 0 Å². The van der Waals surface area contributed by atoms with Crippen molar-refractivity contribution in [2.75, 3.05) is 57.4 Å². The zero-order chi connectivity index (χ0) is 27.0. The highest BCUT2D eigenvalue weighted by molar-refractivity contribution is 7.71. The van der Waals surface area contributed by atoms with E-state index in [2.05, 4.69) is 40.3 Å². The molecule has 1 unspecified atom stereocenters. The second-order valence-electron chi connectivity index (χ2n) is 11.1. The van der Waals surface area contributed by atoms with Crippen LogP contribution < -0.4 is 4.78 Å².